The van der Waals surface area contributed by atoms with Crippen LogP contribution in [-0.4, -0.2) is 35.1 Å². The number of aromatic amines is 1. The highest BCUT2D eigenvalue weighted by atomic mass is 35.5. The van der Waals surface area contributed by atoms with Gasteiger partial charge >= 0.3 is 0 Å². The Morgan fingerprint density at radius 3 is 3.00 bits per heavy atom. The van der Waals surface area contributed by atoms with Crippen LogP contribution >= 0.6 is 11.6 Å². The number of aromatic nitrogens is 2. The lowest BCUT2D eigenvalue weighted by Crippen LogP contribution is -2.45. The third-order valence-electron chi connectivity index (χ3n) is 4.39. The van der Waals surface area contributed by atoms with E-state index in [2.05, 4.69) is 34.0 Å². The van der Waals surface area contributed by atoms with E-state index in [0.29, 0.717) is 17.7 Å². The standard InChI is InChI=1S/C12H17ClN4O/c1-12(2)8-4-14-3-7(8)5-17(12)10-9(13)11(18)16-6-15-10/h6-8,14H,3-5H2,1-2H3,(H,15,16,18). The summed E-state index contributed by atoms with van der Waals surface area (Å²) >= 11 is 6.09. The van der Waals surface area contributed by atoms with Crippen molar-refractivity contribution in [2.75, 3.05) is 24.5 Å². The molecule has 6 heteroatoms. The maximum Gasteiger partial charge on any atom is 0.271 e. The van der Waals surface area contributed by atoms with Gasteiger partial charge in [0.05, 0.1) is 6.33 Å². The van der Waals surface area contributed by atoms with E-state index in [-0.39, 0.29) is 16.1 Å². The van der Waals surface area contributed by atoms with Crippen molar-refractivity contribution in [3.8, 4) is 0 Å². The molecule has 2 unspecified atom stereocenters. The molecule has 2 saturated heterocycles. The van der Waals surface area contributed by atoms with Crippen LogP contribution in [-0.2, 0) is 0 Å². The van der Waals surface area contributed by atoms with Crippen molar-refractivity contribution in [2.24, 2.45) is 11.8 Å². The van der Waals surface area contributed by atoms with Crippen molar-refractivity contribution in [2.45, 2.75) is 19.4 Å². The fourth-order valence-corrected chi connectivity index (χ4v) is 3.55. The van der Waals surface area contributed by atoms with Gasteiger partial charge in [-0.15, -0.1) is 0 Å². The van der Waals surface area contributed by atoms with Gasteiger partial charge < -0.3 is 15.2 Å². The van der Waals surface area contributed by atoms with E-state index in [1.807, 2.05) is 0 Å². The molecule has 0 radical (unpaired) electrons. The molecule has 3 rings (SSSR count). The summed E-state index contributed by atoms with van der Waals surface area (Å²) in [6.07, 6.45) is 1.42. The topological polar surface area (TPSA) is 61.0 Å². The minimum Gasteiger partial charge on any atom is -0.349 e. The Kier molecular flexibility index (Phi) is 2.64. The molecule has 0 aromatic carbocycles. The van der Waals surface area contributed by atoms with Gasteiger partial charge in [0.2, 0.25) is 0 Å². The molecule has 98 valence electrons. The molecule has 0 saturated carbocycles. The van der Waals surface area contributed by atoms with Gasteiger partial charge in [-0.2, -0.15) is 0 Å². The van der Waals surface area contributed by atoms with Gasteiger partial charge in [-0.25, -0.2) is 4.98 Å². The SMILES string of the molecule is CC1(C)C2CNCC2CN1c1nc[nH]c(=O)c1Cl. The second kappa shape index (κ2) is 3.96. The van der Waals surface area contributed by atoms with E-state index in [9.17, 15) is 4.79 Å². The van der Waals surface area contributed by atoms with Gasteiger partial charge in [0.25, 0.3) is 5.56 Å². The fraction of sp³-hybridized carbons (Fsp3) is 0.667. The van der Waals surface area contributed by atoms with E-state index >= 15 is 0 Å². The Morgan fingerprint density at radius 2 is 2.28 bits per heavy atom. The highest BCUT2D eigenvalue weighted by Crippen LogP contribution is 2.43. The Hall–Kier alpha value is -1.07. The number of anilines is 1. The average molecular weight is 269 g/mol. The maximum absolute atomic E-state index is 11.6. The first-order valence-corrected chi connectivity index (χ1v) is 6.61. The van der Waals surface area contributed by atoms with Crippen LogP contribution in [0.2, 0.25) is 5.02 Å². The normalized spacial score (nSPS) is 29.6. The first kappa shape index (κ1) is 12.0. The Morgan fingerprint density at radius 1 is 1.50 bits per heavy atom. The molecule has 3 heterocycles. The number of hydrogen-bond donors (Lipinski definition) is 2. The molecular formula is C12H17ClN4O. The predicted molar refractivity (Wildman–Crippen MR) is 71.1 cm³/mol. The Balaban J connectivity index is 2.03. The summed E-state index contributed by atoms with van der Waals surface area (Å²) in [6, 6.07) is 0. The molecule has 18 heavy (non-hydrogen) atoms. The van der Waals surface area contributed by atoms with Crippen LogP contribution in [0.25, 0.3) is 0 Å². The Bertz CT molecular complexity index is 527. The highest BCUT2D eigenvalue weighted by molar-refractivity contribution is 6.32. The Labute approximate surface area is 111 Å². The number of fused-ring (bicyclic) bond motifs is 1. The van der Waals surface area contributed by atoms with Crippen LogP contribution in [0.5, 0.6) is 0 Å². The highest BCUT2D eigenvalue weighted by Gasteiger charge is 2.50. The zero-order chi connectivity index (χ0) is 12.9. The summed E-state index contributed by atoms with van der Waals surface area (Å²) in [5.41, 5.74) is -0.300. The minimum absolute atomic E-state index is 0.0292. The van der Waals surface area contributed by atoms with Gasteiger partial charge in [0, 0.05) is 25.2 Å². The van der Waals surface area contributed by atoms with Crippen molar-refractivity contribution >= 4 is 17.4 Å². The summed E-state index contributed by atoms with van der Waals surface area (Å²) in [5.74, 6) is 1.80. The van der Waals surface area contributed by atoms with E-state index in [1.165, 1.54) is 6.33 Å². The van der Waals surface area contributed by atoms with Gasteiger partial charge in [-0.05, 0) is 25.7 Å². The minimum atomic E-state index is -0.271. The molecule has 5 nitrogen and oxygen atoms in total. The summed E-state index contributed by atoms with van der Waals surface area (Å²) in [7, 11) is 0. The lowest BCUT2D eigenvalue weighted by Gasteiger charge is -2.36. The predicted octanol–water partition coefficient (Wildman–Crippen LogP) is 0.857. The molecule has 0 aliphatic carbocycles. The van der Waals surface area contributed by atoms with Crippen molar-refractivity contribution in [1.82, 2.24) is 15.3 Å². The second-order valence-corrected chi connectivity index (χ2v) is 6.04. The van der Waals surface area contributed by atoms with Gasteiger partial charge in [-0.3, -0.25) is 4.79 Å². The zero-order valence-corrected chi connectivity index (χ0v) is 11.3. The lowest BCUT2D eigenvalue weighted by atomic mass is 9.85. The van der Waals surface area contributed by atoms with E-state index in [4.69, 9.17) is 11.6 Å². The molecule has 0 spiro atoms. The third kappa shape index (κ3) is 1.57. The molecule has 0 bridgehead atoms. The molecule has 2 atom stereocenters. The van der Waals surface area contributed by atoms with Crippen LogP contribution < -0.4 is 15.8 Å². The van der Waals surface area contributed by atoms with Gasteiger partial charge in [0.1, 0.15) is 5.02 Å². The zero-order valence-electron chi connectivity index (χ0n) is 10.5. The smallest absolute Gasteiger partial charge is 0.271 e. The number of nitrogens with one attached hydrogen (secondary N) is 2. The fourth-order valence-electron chi connectivity index (χ4n) is 3.34. The van der Waals surface area contributed by atoms with Crippen molar-refractivity contribution in [3.63, 3.8) is 0 Å². The molecule has 2 fully saturated rings. The van der Waals surface area contributed by atoms with Crippen molar-refractivity contribution in [1.29, 1.82) is 0 Å². The van der Waals surface area contributed by atoms with Crippen LogP contribution in [0.4, 0.5) is 5.82 Å². The van der Waals surface area contributed by atoms with E-state index < -0.39 is 0 Å². The van der Waals surface area contributed by atoms with Gasteiger partial charge in [0.15, 0.2) is 5.82 Å². The molecule has 2 aliphatic heterocycles. The summed E-state index contributed by atoms with van der Waals surface area (Å²) in [5, 5.41) is 3.62. The lowest BCUT2D eigenvalue weighted by molar-refractivity contribution is 0.356. The molecule has 2 N–H and O–H groups in total. The van der Waals surface area contributed by atoms with Crippen LogP contribution in [0.3, 0.4) is 0 Å². The van der Waals surface area contributed by atoms with Crippen LogP contribution in [0.15, 0.2) is 11.1 Å². The maximum atomic E-state index is 11.6. The van der Waals surface area contributed by atoms with E-state index in [0.717, 1.165) is 19.6 Å². The first-order valence-electron chi connectivity index (χ1n) is 6.23. The monoisotopic (exact) mass is 268 g/mol. The summed E-state index contributed by atoms with van der Waals surface area (Å²) in [6.45, 7) is 7.36. The molecule has 2 aliphatic rings. The number of rotatable bonds is 1. The van der Waals surface area contributed by atoms with Gasteiger partial charge in [-0.1, -0.05) is 11.6 Å². The molecule has 0 amide bonds. The van der Waals surface area contributed by atoms with Crippen molar-refractivity contribution in [3.05, 3.63) is 21.7 Å². The quantitative estimate of drug-likeness (QED) is 0.793. The molecule has 1 aromatic heterocycles. The van der Waals surface area contributed by atoms with Crippen LogP contribution in [0, 0.1) is 11.8 Å². The first-order chi connectivity index (χ1) is 8.51. The van der Waals surface area contributed by atoms with Crippen molar-refractivity contribution < 1.29 is 0 Å². The molecule has 1 aromatic rings. The summed E-state index contributed by atoms with van der Waals surface area (Å²) < 4.78 is 0. The number of hydrogen-bond acceptors (Lipinski definition) is 4. The van der Waals surface area contributed by atoms with Crippen LogP contribution in [0.1, 0.15) is 13.8 Å². The van der Waals surface area contributed by atoms with E-state index in [1.54, 1.807) is 0 Å². The second-order valence-electron chi connectivity index (χ2n) is 5.66. The summed E-state index contributed by atoms with van der Waals surface area (Å²) in [4.78, 5) is 20.5. The number of H-pyrrole nitrogens is 1. The third-order valence-corrected chi connectivity index (χ3v) is 4.73. The molecular weight excluding hydrogens is 252 g/mol. The number of nitrogens with zero attached hydrogens (tertiary/aromatic N) is 2. The number of halogens is 1. The average Bonchev–Trinajstić information content (AvgIpc) is 2.86. The largest absolute Gasteiger partial charge is 0.349 e.